The van der Waals surface area contributed by atoms with Gasteiger partial charge >= 0.3 is 5.97 Å². The van der Waals surface area contributed by atoms with Crippen LogP contribution in [0.2, 0.25) is 0 Å². The van der Waals surface area contributed by atoms with Gasteiger partial charge in [0.1, 0.15) is 12.4 Å². The molecule has 1 aromatic rings. The lowest BCUT2D eigenvalue weighted by atomic mass is 10.1. The average Bonchev–Trinajstić information content (AvgIpc) is 2.44. The second-order valence-electron chi connectivity index (χ2n) is 4.09. The Morgan fingerprint density at radius 1 is 1.29 bits per heavy atom. The third-order valence-electron chi connectivity index (χ3n) is 2.54. The highest BCUT2D eigenvalue weighted by Crippen LogP contribution is 2.17. The summed E-state index contributed by atoms with van der Waals surface area (Å²) in [6.45, 7) is 2.16. The van der Waals surface area contributed by atoms with Crippen LogP contribution in [0.4, 0.5) is 0 Å². The Hall–Kier alpha value is -2.74. The molecule has 0 saturated heterocycles. The van der Waals surface area contributed by atoms with Crippen molar-refractivity contribution in [3.8, 4) is 5.75 Å². The number of hydrogen-bond donors (Lipinski definition) is 5. The molecule has 0 aliphatic heterocycles. The van der Waals surface area contributed by atoms with Crippen LogP contribution in [0.1, 0.15) is 12.5 Å². The summed E-state index contributed by atoms with van der Waals surface area (Å²) in [6.07, 6.45) is 0. The van der Waals surface area contributed by atoms with E-state index in [2.05, 4.69) is 10.7 Å². The first kappa shape index (κ1) is 16.3. The lowest BCUT2D eigenvalue weighted by Gasteiger charge is -2.09. The van der Waals surface area contributed by atoms with Crippen LogP contribution in [0.5, 0.6) is 5.75 Å². The Morgan fingerprint density at radius 3 is 2.38 bits per heavy atom. The number of carbonyl (C=O) groups is 2. The fraction of sp³-hybridized carbons (Fsp3) is 0.231. The summed E-state index contributed by atoms with van der Waals surface area (Å²) >= 11 is 0. The molecule has 0 aliphatic carbocycles. The smallest absolute Gasteiger partial charge is 0.355 e. The summed E-state index contributed by atoms with van der Waals surface area (Å²) in [7, 11) is 0. The second kappa shape index (κ2) is 7.75. The van der Waals surface area contributed by atoms with Crippen LogP contribution in [0.15, 0.2) is 30.0 Å². The van der Waals surface area contributed by atoms with Crippen molar-refractivity contribution in [2.24, 2.45) is 11.6 Å². The number of aliphatic carboxylic acids is 1. The molecule has 7 N–H and O–H groups in total. The normalized spacial score (nSPS) is 11.3. The quantitative estimate of drug-likeness (QED) is 0.195. The molecule has 0 heterocycles. The molecule has 0 aromatic heterocycles. The Morgan fingerprint density at radius 2 is 1.90 bits per heavy atom. The molecule has 0 spiro atoms. The zero-order valence-corrected chi connectivity index (χ0v) is 11.6. The van der Waals surface area contributed by atoms with Crippen molar-refractivity contribution in [2.45, 2.75) is 6.92 Å². The highest BCUT2D eigenvalue weighted by atomic mass is 16.5. The number of amides is 1. The molecule has 0 unspecified atom stereocenters. The van der Waals surface area contributed by atoms with Gasteiger partial charge in [-0.1, -0.05) is 0 Å². The van der Waals surface area contributed by atoms with E-state index < -0.39 is 5.97 Å². The average molecular weight is 294 g/mol. The van der Waals surface area contributed by atoms with Crippen molar-refractivity contribution in [3.63, 3.8) is 0 Å². The molecule has 0 fully saturated rings. The van der Waals surface area contributed by atoms with Gasteiger partial charge < -0.3 is 26.3 Å². The van der Waals surface area contributed by atoms with E-state index >= 15 is 0 Å². The van der Waals surface area contributed by atoms with Crippen molar-refractivity contribution in [1.82, 2.24) is 10.7 Å². The summed E-state index contributed by atoms with van der Waals surface area (Å²) < 4.78 is 5.40. The van der Waals surface area contributed by atoms with E-state index in [9.17, 15) is 9.59 Å². The molecule has 0 saturated carbocycles. The zero-order chi connectivity index (χ0) is 15.8. The second-order valence-corrected chi connectivity index (χ2v) is 4.09. The molecular formula is C13H18N4O4. The van der Waals surface area contributed by atoms with Gasteiger partial charge in [-0.15, -0.1) is 0 Å². The Kier molecular flexibility index (Phi) is 6.02. The highest BCUT2D eigenvalue weighted by Gasteiger charge is 2.12. The fourth-order valence-electron chi connectivity index (χ4n) is 1.53. The number of ether oxygens (including phenoxy) is 1. The molecular weight excluding hydrogens is 276 g/mol. The molecule has 0 bridgehead atoms. The van der Waals surface area contributed by atoms with E-state index in [0.29, 0.717) is 24.5 Å². The van der Waals surface area contributed by atoms with E-state index in [-0.39, 0.29) is 17.3 Å². The van der Waals surface area contributed by atoms with Crippen molar-refractivity contribution in [1.29, 1.82) is 0 Å². The zero-order valence-electron chi connectivity index (χ0n) is 11.6. The first-order valence-electron chi connectivity index (χ1n) is 6.13. The van der Waals surface area contributed by atoms with Gasteiger partial charge in [0.25, 0.3) is 0 Å². The Labute approximate surface area is 121 Å². The maximum absolute atomic E-state index is 10.9. The third-order valence-corrected chi connectivity index (χ3v) is 2.54. The number of hydrazine groups is 1. The largest absolute Gasteiger partial charge is 0.492 e. The van der Waals surface area contributed by atoms with Crippen molar-refractivity contribution in [3.05, 3.63) is 35.5 Å². The molecule has 1 rings (SSSR count). The molecule has 1 amide bonds. The van der Waals surface area contributed by atoms with Crippen LogP contribution in [-0.4, -0.2) is 30.1 Å². The fourth-order valence-corrected chi connectivity index (χ4v) is 1.53. The van der Waals surface area contributed by atoms with Gasteiger partial charge in [-0.25, -0.2) is 4.79 Å². The summed E-state index contributed by atoms with van der Waals surface area (Å²) in [5, 5.41) is 11.5. The molecule has 8 nitrogen and oxygen atoms in total. The maximum Gasteiger partial charge on any atom is 0.355 e. The molecule has 0 atom stereocenters. The van der Waals surface area contributed by atoms with Gasteiger partial charge in [-0.3, -0.25) is 10.6 Å². The molecule has 8 heteroatoms. The Balaban J connectivity index is 2.69. The van der Waals surface area contributed by atoms with Crippen LogP contribution in [0, 0.1) is 0 Å². The van der Waals surface area contributed by atoms with Crippen LogP contribution < -0.4 is 27.1 Å². The number of carboxylic acids is 1. The maximum atomic E-state index is 10.9. The van der Waals surface area contributed by atoms with E-state index in [0.717, 1.165) is 0 Å². The van der Waals surface area contributed by atoms with E-state index in [1.165, 1.54) is 6.92 Å². The SMILES string of the molecule is CC(=O)NCCOc1ccc(/C(N)=C(/NN)C(=O)O)cc1. The first-order chi connectivity index (χ1) is 9.95. The van der Waals surface area contributed by atoms with Gasteiger partial charge in [0.15, 0.2) is 5.70 Å². The van der Waals surface area contributed by atoms with Crippen LogP contribution in [-0.2, 0) is 9.59 Å². The van der Waals surface area contributed by atoms with Crippen molar-refractivity contribution >= 4 is 17.6 Å². The molecule has 0 radical (unpaired) electrons. The van der Waals surface area contributed by atoms with Gasteiger partial charge in [0, 0.05) is 12.5 Å². The number of nitrogens with one attached hydrogen (secondary N) is 2. The van der Waals surface area contributed by atoms with Crippen molar-refractivity contribution < 1.29 is 19.4 Å². The predicted molar refractivity (Wildman–Crippen MR) is 76.7 cm³/mol. The lowest BCUT2D eigenvalue weighted by Crippen LogP contribution is -2.29. The number of carboxylic acid groups (broad SMARTS) is 1. The lowest BCUT2D eigenvalue weighted by molar-refractivity contribution is -0.133. The summed E-state index contributed by atoms with van der Waals surface area (Å²) in [5.74, 6) is 4.33. The number of hydrogen-bond acceptors (Lipinski definition) is 6. The Bertz CT molecular complexity index is 540. The number of nitrogens with two attached hydrogens (primary N) is 2. The summed E-state index contributed by atoms with van der Waals surface area (Å²) in [4.78, 5) is 21.6. The minimum atomic E-state index is -1.24. The van der Waals surface area contributed by atoms with E-state index in [1.54, 1.807) is 24.3 Å². The van der Waals surface area contributed by atoms with Crippen LogP contribution in [0.25, 0.3) is 5.70 Å². The molecule has 0 aliphatic rings. The number of benzene rings is 1. The number of carbonyl (C=O) groups excluding carboxylic acids is 1. The van der Waals surface area contributed by atoms with Gasteiger partial charge in [-0.05, 0) is 24.3 Å². The highest BCUT2D eigenvalue weighted by molar-refractivity contribution is 5.94. The monoisotopic (exact) mass is 294 g/mol. The van der Waals surface area contributed by atoms with E-state index in [4.69, 9.17) is 21.4 Å². The molecule has 114 valence electrons. The van der Waals surface area contributed by atoms with Crippen LogP contribution in [0.3, 0.4) is 0 Å². The summed E-state index contributed by atoms with van der Waals surface area (Å²) in [5.41, 5.74) is 8.01. The standard InChI is InChI=1S/C13H18N4O4/c1-8(18)16-6-7-21-10-4-2-9(3-5-10)11(14)12(17-15)13(19)20/h2-5,17H,6-7,14-15H2,1H3,(H,16,18)(H,19,20)/b12-11-. The predicted octanol–water partition coefficient (Wildman–Crippen LogP) is -0.623. The third kappa shape index (κ3) is 5.03. The molecule has 21 heavy (non-hydrogen) atoms. The topological polar surface area (TPSA) is 140 Å². The first-order valence-corrected chi connectivity index (χ1v) is 6.13. The van der Waals surface area contributed by atoms with Gasteiger partial charge in [0.05, 0.1) is 12.2 Å². The van der Waals surface area contributed by atoms with E-state index in [1.807, 2.05) is 0 Å². The van der Waals surface area contributed by atoms with Crippen LogP contribution >= 0.6 is 0 Å². The minimum Gasteiger partial charge on any atom is -0.492 e. The number of rotatable bonds is 7. The minimum absolute atomic E-state index is 0.0230. The van der Waals surface area contributed by atoms with Gasteiger partial charge in [0.2, 0.25) is 5.91 Å². The summed E-state index contributed by atoms with van der Waals surface area (Å²) in [6, 6.07) is 6.52. The van der Waals surface area contributed by atoms with Gasteiger partial charge in [-0.2, -0.15) is 0 Å². The molecule has 1 aromatic carbocycles. The van der Waals surface area contributed by atoms with Crippen molar-refractivity contribution in [2.75, 3.05) is 13.2 Å².